The molecule has 0 fully saturated rings. The third kappa shape index (κ3) is 2.81. The predicted octanol–water partition coefficient (Wildman–Crippen LogP) is 3.64. The van der Waals surface area contributed by atoms with Crippen LogP contribution in [-0.4, -0.2) is 22.1 Å². The van der Waals surface area contributed by atoms with Crippen molar-refractivity contribution in [2.45, 2.75) is 26.7 Å². The lowest BCUT2D eigenvalue weighted by molar-refractivity contribution is 0.398. The van der Waals surface area contributed by atoms with Crippen LogP contribution in [0.15, 0.2) is 18.3 Å². The van der Waals surface area contributed by atoms with Crippen LogP contribution in [0.3, 0.4) is 0 Å². The van der Waals surface area contributed by atoms with E-state index >= 15 is 0 Å². The number of nitrogens with one attached hydrogen (secondary N) is 1. The molecule has 100 valence electrons. The molecule has 2 aromatic rings. The molecule has 2 rings (SSSR count). The van der Waals surface area contributed by atoms with Gasteiger partial charge in [-0.05, 0) is 13.0 Å². The highest BCUT2D eigenvalue weighted by Crippen LogP contribution is 2.24. The molecule has 2 heterocycles. The van der Waals surface area contributed by atoms with E-state index < -0.39 is 0 Å². The Hall–Kier alpha value is -1.75. The van der Waals surface area contributed by atoms with Crippen LogP contribution < -0.4 is 4.74 Å². The van der Waals surface area contributed by atoms with Crippen LogP contribution in [0.4, 0.5) is 0 Å². The SMILES string of the molecule is COc1ccc(-c2[nH]c(C(C)C)nc(=S)c2C)cn1. The van der Waals surface area contributed by atoms with Crippen LogP contribution in [0.5, 0.6) is 5.88 Å². The van der Waals surface area contributed by atoms with Crippen molar-refractivity contribution < 1.29 is 4.74 Å². The van der Waals surface area contributed by atoms with Crippen molar-refractivity contribution >= 4 is 12.2 Å². The summed E-state index contributed by atoms with van der Waals surface area (Å²) in [5.74, 6) is 1.78. The topological polar surface area (TPSA) is 50.8 Å². The largest absolute Gasteiger partial charge is 0.481 e. The molecule has 0 atom stereocenters. The molecular formula is C14H17N3OS. The van der Waals surface area contributed by atoms with Crippen LogP contribution in [0.25, 0.3) is 11.3 Å². The lowest BCUT2D eigenvalue weighted by Gasteiger charge is -2.11. The summed E-state index contributed by atoms with van der Waals surface area (Å²) in [4.78, 5) is 12.0. The molecule has 0 spiro atoms. The van der Waals surface area contributed by atoms with Crippen LogP contribution in [0, 0.1) is 11.6 Å². The van der Waals surface area contributed by atoms with Gasteiger partial charge < -0.3 is 9.72 Å². The first-order valence-corrected chi connectivity index (χ1v) is 6.55. The summed E-state index contributed by atoms with van der Waals surface area (Å²) in [6.07, 6.45) is 1.77. The Balaban J connectivity index is 2.56. The van der Waals surface area contributed by atoms with E-state index in [1.807, 2.05) is 19.1 Å². The molecule has 19 heavy (non-hydrogen) atoms. The van der Waals surface area contributed by atoms with Gasteiger partial charge >= 0.3 is 0 Å². The van der Waals surface area contributed by atoms with E-state index in [2.05, 4.69) is 28.8 Å². The van der Waals surface area contributed by atoms with Crippen molar-refractivity contribution in [3.63, 3.8) is 0 Å². The highest BCUT2D eigenvalue weighted by Gasteiger charge is 2.10. The Morgan fingerprint density at radius 1 is 1.32 bits per heavy atom. The lowest BCUT2D eigenvalue weighted by atomic mass is 10.1. The molecule has 0 amide bonds. The monoisotopic (exact) mass is 275 g/mol. The van der Waals surface area contributed by atoms with E-state index in [9.17, 15) is 0 Å². The molecule has 1 N–H and O–H groups in total. The molecule has 0 aliphatic rings. The van der Waals surface area contributed by atoms with Crippen molar-refractivity contribution in [1.82, 2.24) is 15.0 Å². The van der Waals surface area contributed by atoms with Gasteiger partial charge in [-0.3, -0.25) is 0 Å². The Bertz CT molecular complexity index is 632. The molecule has 0 aromatic carbocycles. The zero-order valence-electron chi connectivity index (χ0n) is 11.5. The molecule has 0 radical (unpaired) electrons. The molecule has 4 nitrogen and oxygen atoms in total. The van der Waals surface area contributed by atoms with E-state index in [4.69, 9.17) is 17.0 Å². The first-order chi connectivity index (χ1) is 9.02. The summed E-state index contributed by atoms with van der Waals surface area (Å²) in [6.45, 7) is 6.13. The first-order valence-electron chi connectivity index (χ1n) is 6.14. The Morgan fingerprint density at radius 2 is 2.05 bits per heavy atom. The van der Waals surface area contributed by atoms with Crippen molar-refractivity contribution in [1.29, 1.82) is 0 Å². The van der Waals surface area contributed by atoms with Gasteiger partial charge in [0.15, 0.2) is 0 Å². The minimum Gasteiger partial charge on any atom is -0.481 e. The zero-order chi connectivity index (χ0) is 14.0. The maximum atomic E-state index is 5.32. The fraction of sp³-hybridized carbons (Fsp3) is 0.357. The van der Waals surface area contributed by atoms with Gasteiger partial charge in [-0.15, -0.1) is 0 Å². The number of H-pyrrole nitrogens is 1. The molecule has 5 heteroatoms. The molecular weight excluding hydrogens is 258 g/mol. The highest BCUT2D eigenvalue weighted by molar-refractivity contribution is 7.71. The highest BCUT2D eigenvalue weighted by atomic mass is 32.1. The Morgan fingerprint density at radius 3 is 2.58 bits per heavy atom. The summed E-state index contributed by atoms with van der Waals surface area (Å²) in [5.41, 5.74) is 2.92. The molecule has 0 saturated carbocycles. The van der Waals surface area contributed by atoms with Gasteiger partial charge in [-0.2, -0.15) is 0 Å². The van der Waals surface area contributed by atoms with E-state index in [-0.39, 0.29) is 0 Å². The van der Waals surface area contributed by atoms with Crippen molar-refractivity contribution in [2.75, 3.05) is 7.11 Å². The van der Waals surface area contributed by atoms with Gasteiger partial charge in [0, 0.05) is 29.3 Å². The molecule has 0 saturated heterocycles. The maximum absolute atomic E-state index is 5.32. The Labute approximate surface area is 117 Å². The van der Waals surface area contributed by atoms with Crippen LogP contribution in [-0.2, 0) is 0 Å². The minimum atomic E-state index is 0.298. The van der Waals surface area contributed by atoms with Crippen LogP contribution >= 0.6 is 12.2 Å². The molecule has 0 unspecified atom stereocenters. The second-order valence-electron chi connectivity index (χ2n) is 4.67. The van der Waals surface area contributed by atoms with E-state index in [1.165, 1.54) is 0 Å². The van der Waals surface area contributed by atoms with Gasteiger partial charge in [0.05, 0.1) is 12.8 Å². The first kappa shape index (κ1) is 13.7. The van der Waals surface area contributed by atoms with Crippen molar-refractivity contribution in [2.24, 2.45) is 0 Å². The van der Waals surface area contributed by atoms with E-state index in [1.54, 1.807) is 13.3 Å². The average Bonchev–Trinajstić information content (AvgIpc) is 2.41. The zero-order valence-corrected chi connectivity index (χ0v) is 12.3. The number of methoxy groups -OCH3 is 1. The minimum absolute atomic E-state index is 0.298. The number of hydrogen-bond acceptors (Lipinski definition) is 4. The van der Waals surface area contributed by atoms with E-state index in [0.717, 1.165) is 22.6 Å². The van der Waals surface area contributed by atoms with Crippen molar-refractivity contribution in [3.05, 3.63) is 34.4 Å². The number of aromatic nitrogens is 3. The number of pyridine rings is 1. The fourth-order valence-electron chi connectivity index (χ4n) is 1.76. The second-order valence-corrected chi connectivity index (χ2v) is 5.06. The standard InChI is InChI=1S/C14H17N3OS/c1-8(2)13-16-12(9(3)14(19)17-13)10-5-6-11(18-4)15-7-10/h5-8H,1-4H3,(H,16,17,19). The Kier molecular flexibility index (Phi) is 3.95. The molecule has 0 aliphatic carbocycles. The summed E-state index contributed by atoms with van der Waals surface area (Å²) in [5, 5.41) is 0. The summed E-state index contributed by atoms with van der Waals surface area (Å²) in [7, 11) is 1.60. The van der Waals surface area contributed by atoms with Crippen LogP contribution in [0.1, 0.15) is 31.2 Å². The average molecular weight is 275 g/mol. The predicted molar refractivity (Wildman–Crippen MR) is 78.0 cm³/mol. The number of ether oxygens (including phenoxy) is 1. The summed E-state index contributed by atoms with van der Waals surface area (Å²) in [6, 6.07) is 3.80. The number of nitrogens with zero attached hydrogens (tertiary/aromatic N) is 2. The van der Waals surface area contributed by atoms with E-state index in [0.29, 0.717) is 16.4 Å². The fourth-order valence-corrected chi connectivity index (χ4v) is 1.96. The van der Waals surface area contributed by atoms with Crippen LogP contribution in [0.2, 0.25) is 0 Å². The van der Waals surface area contributed by atoms with Gasteiger partial charge in [0.2, 0.25) is 5.88 Å². The smallest absolute Gasteiger partial charge is 0.212 e. The quantitative estimate of drug-likeness (QED) is 0.869. The van der Waals surface area contributed by atoms with Gasteiger partial charge in [0.25, 0.3) is 0 Å². The normalized spacial score (nSPS) is 10.8. The number of hydrogen-bond donors (Lipinski definition) is 1. The number of rotatable bonds is 3. The van der Waals surface area contributed by atoms with Gasteiger partial charge in [-0.25, -0.2) is 9.97 Å². The van der Waals surface area contributed by atoms with Gasteiger partial charge in [-0.1, -0.05) is 26.1 Å². The number of aromatic amines is 1. The molecule has 0 aliphatic heterocycles. The molecule has 2 aromatic heterocycles. The molecule has 0 bridgehead atoms. The maximum Gasteiger partial charge on any atom is 0.212 e. The second kappa shape index (κ2) is 5.48. The summed E-state index contributed by atoms with van der Waals surface area (Å²) >= 11 is 5.32. The third-order valence-corrected chi connectivity index (χ3v) is 3.35. The third-order valence-electron chi connectivity index (χ3n) is 2.95. The lowest BCUT2D eigenvalue weighted by Crippen LogP contribution is -2.02. The summed E-state index contributed by atoms with van der Waals surface area (Å²) < 4.78 is 5.70. The van der Waals surface area contributed by atoms with Crippen molar-refractivity contribution in [3.8, 4) is 17.1 Å². The van der Waals surface area contributed by atoms with Gasteiger partial charge in [0.1, 0.15) is 10.5 Å².